The molecule has 1 aliphatic heterocycles. The average Bonchev–Trinajstić information content (AvgIpc) is 2.63. The number of nitrogens with two attached hydrogens (primary N) is 1. The Morgan fingerprint density at radius 3 is 2.18 bits per heavy atom. The molecule has 0 bridgehead atoms. The molecule has 0 spiro atoms. The summed E-state index contributed by atoms with van der Waals surface area (Å²) < 4.78 is 27.4. The van der Waals surface area contributed by atoms with Crippen LogP contribution in [0.15, 0.2) is 53.4 Å². The van der Waals surface area contributed by atoms with Crippen LogP contribution >= 0.6 is 12.4 Å². The summed E-state index contributed by atoms with van der Waals surface area (Å²) in [6.45, 7) is 5.20. The van der Waals surface area contributed by atoms with Gasteiger partial charge in [0.25, 0.3) is 5.91 Å². The van der Waals surface area contributed by atoms with Crippen molar-refractivity contribution in [1.82, 2.24) is 4.31 Å². The Kier molecular flexibility index (Phi) is 7.09. The molecule has 152 valence electrons. The lowest BCUT2D eigenvalue weighted by molar-refractivity contribution is 0.102. The van der Waals surface area contributed by atoms with E-state index in [1.165, 1.54) is 24.3 Å². The molecule has 0 aromatic heterocycles. The number of amides is 1. The Labute approximate surface area is 172 Å². The van der Waals surface area contributed by atoms with E-state index in [1.54, 1.807) is 28.6 Å². The van der Waals surface area contributed by atoms with Crippen LogP contribution in [0.2, 0.25) is 0 Å². The van der Waals surface area contributed by atoms with Gasteiger partial charge in [0.05, 0.1) is 16.3 Å². The van der Waals surface area contributed by atoms with Crippen molar-refractivity contribution in [2.24, 2.45) is 11.8 Å². The van der Waals surface area contributed by atoms with Crippen molar-refractivity contribution in [1.29, 1.82) is 0 Å². The quantitative estimate of drug-likeness (QED) is 0.734. The molecule has 2 unspecified atom stereocenters. The van der Waals surface area contributed by atoms with Crippen LogP contribution in [0, 0.1) is 11.8 Å². The van der Waals surface area contributed by atoms with E-state index < -0.39 is 10.0 Å². The number of nitrogens with zero attached hydrogens (tertiary/aromatic N) is 1. The number of nitrogen functional groups attached to an aromatic ring is 1. The number of nitrogens with one attached hydrogen (secondary N) is 1. The van der Waals surface area contributed by atoms with Crippen molar-refractivity contribution in [2.45, 2.75) is 25.2 Å². The zero-order valence-electron chi connectivity index (χ0n) is 16.0. The summed E-state index contributed by atoms with van der Waals surface area (Å²) in [6, 6.07) is 13.0. The third kappa shape index (κ3) is 4.84. The van der Waals surface area contributed by atoms with Crippen LogP contribution in [-0.4, -0.2) is 31.7 Å². The number of carbonyl (C=O) groups is 1. The fraction of sp³-hybridized carbons (Fsp3) is 0.350. The lowest BCUT2D eigenvalue weighted by atomic mass is 9.94. The number of hydrogen-bond acceptors (Lipinski definition) is 4. The maximum Gasteiger partial charge on any atom is 0.255 e. The topological polar surface area (TPSA) is 92.5 Å². The Balaban J connectivity index is 0.00000280. The monoisotopic (exact) mass is 423 g/mol. The molecule has 1 aliphatic rings. The number of rotatable bonds is 4. The van der Waals surface area contributed by atoms with Gasteiger partial charge in [0, 0.05) is 18.7 Å². The molecule has 2 aromatic carbocycles. The van der Waals surface area contributed by atoms with Crippen LogP contribution in [0.25, 0.3) is 0 Å². The van der Waals surface area contributed by atoms with Gasteiger partial charge in [-0.15, -0.1) is 12.4 Å². The predicted molar refractivity (Wildman–Crippen MR) is 114 cm³/mol. The summed E-state index contributed by atoms with van der Waals surface area (Å²) in [7, 11) is -3.55. The van der Waals surface area contributed by atoms with E-state index in [4.69, 9.17) is 5.73 Å². The highest BCUT2D eigenvalue weighted by Crippen LogP contribution is 2.27. The van der Waals surface area contributed by atoms with E-state index in [9.17, 15) is 13.2 Å². The third-order valence-electron chi connectivity index (χ3n) is 4.80. The van der Waals surface area contributed by atoms with Crippen LogP contribution in [0.1, 0.15) is 30.6 Å². The zero-order chi connectivity index (χ0) is 19.6. The second-order valence-corrected chi connectivity index (χ2v) is 9.27. The predicted octanol–water partition coefficient (Wildman–Crippen LogP) is 3.61. The van der Waals surface area contributed by atoms with E-state index in [0.717, 1.165) is 6.42 Å². The van der Waals surface area contributed by atoms with Gasteiger partial charge in [0.2, 0.25) is 10.0 Å². The Hall–Kier alpha value is -2.09. The maximum atomic E-state index is 12.9. The van der Waals surface area contributed by atoms with Gasteiger partial charge in [-0.05, 0) is 54.7 Å². The molecular formula is C20H26ClN3O3S. The lowest BCUT2D eigenvalue weighted by Gasteiger charge is -2.34. The minimum Gasteiger partial charge on any atom is -0.397 e. The number of halogens is 1. The molecule has 1 amide bonds. The fourth-order valence-corrected chi connectivity index (χ4v) is 5.21. The Morgan fingerprint density at radius 2 is 1.61 bits per heavy atom. The molecule has 6 nitrogen and oxygen atoms in total. The second-order valence-electron chi connectivity index (χ2n) is 7.33. The van der Waals surface area contributed by atoms with Gasteiger partial charge < -0.3 is 11.1 Å². The van der Waals surface area contributed by atoms with Gasteiger partial charge in [0.15, 0.2) is 0 Å². The number of anilines is 2. The van der Waals surface area contributed by atoms with Crippen molar-refractivity contribution >= 4 is 39.7 Å². The summed E-state index contributed by atoms with van der Waals surface area (Å²) in [4.78, 5) is 12.6. The van der Waals surface area contributed by atoms with Crippen molar-refractivity contribution in [3.8, 4) is 0 Å². The Morgan fingerprint density at radius 1 is 1.04 bits per heavy atom. The zero-order valence-corrected chi connectivity index (χ0v) is 17.6. The highest BCUT2D eigenvalue weighted by atomic mass is 35.5. The van der Waals surface area contributed by atoms with E-state index in [2.05, 4.69) is 19.2 Å². The summed E-state index contributed by atoms with van der Waals surface area (Å²) >= 11 is 0. The molecular weight excluding hydrogens is 398 g/mol. The van der Waals surface area contributed by atoms with Gasteiger partial charge in [-0.25, -0.2) is 8.42 Å². The minimum absolute atomic E-state index is 0. The van der Waals surface area contributed by atoms with Gasteiger partial charge in [-0.3, -0.25) is 4.79 Å². The molecule has 2 aromatic rings. The molecule has 28 heavy (non-hydrogen) atoms. The lowest BCUT2D eigenvalue weighted by Crippen LogP contribution is -2.42. The van der Waals surface area contributed by atoms with Crippen LogP contribution in [0.3, 0.4) is 0 Å². The standard InChI is InChI=1S/C20H25N3O3S.ClH/c1-14-11-15(2)13-23(12-14)27(25,26)17-9-7-16(8-10-17)20(24)22-19-6-4-3-5-18(19)21;/h3-10,14-15H,11-13,21H2,1-2H3,(H,22,24);1H. The number of hydrogen-bond donors (Lipinski definition) is 2. The van der Waals surface area contributed by atoms with E-state index in [1.807, 2.05) is 0 Å². The summed E-state index contributed by atoms with van der Waals surface area (Å²) in [6.07, 6.45) is 1.04. The van der Waals surface area contributed by atoms with E-state index >= 15 is 0 Å². The summed E-state index contributed by atoms with van der Waals surface area (Å²) in [5, 5.41) is 2.74. The van der Waals surface area contributed by atoms with Crippen molar-refractivity contribution in [3.05, 3.63) is 54.1 Å². The number of carbonyl (C=O) groups excluding carboxylic acids is 1. The number of sulfonamides is 1. The molecule has 3 N–H and O–H groups in total. The molecule has 3 rings (SSSR count). The van der Waals surface area contributed by atoms with Crippen molar-refractivity contribution in [3.63, 3.8) is 0 Å². The average molecular weight is 424 g/mol. The largest absolute Gasteiger partial charge is 0.397 e. The highest BCUT2D eigenvalue weighted by Gasteiger charge is 2.31. The number of para-hydroxylation sites is 2. The SMILES string of the molecule is CC1CC(C)CN(S(=O)(=O)c2ccc(C(=O)Nc3ccccc3N)cc2)C1.Cl. The first-order chi connectivity index (χ1) is 12.8. The second kappa shape index (κ2) is 8.94. The van der Waals surface area contributed by atoms with Crippen LogP contribution in [0.4, 0.5) is 11.4 Å². The molecule has 0 aliphatic carbocycles. The smallest absolute Gasteiger partial charge is 0.255 e. The van der Waals surface area contributed by atoms with Gasteiger partial charge >= 0.3 is 0 Å². The van der Waals surface area contributed by atoms with Crippen LogP contribution in [0.5, 0.6) is 0 Å². The summed E-state index contributed by atoms with van der Waals surface area (Å²) in [5.41, 5.74) is 7.20. The maximum absolute atomic E-state index is 12.9. The molecule has 0 radical (unpaired) electrons. The van der Waals surface area contributed by atoms with Crippen molar-refractivity contribution < 1.29 is 13.2 Å². The number of piperidine rings is 1. The molecule has 8 heteroatoms. The minimum atomic E-state index is -3.55. The van der Waals surface area contributed by atoms with Gasteiger partial charge in [0.1, 0.15) is 0 Å². The Bertz CT molecular complexity index is 922. The first-order valence-corrected chi connectivity index (χ1v) is 10.5. The first kappa shape index (κ1) is 22.2. The molecule has 2 atom stereocenters. The molecule has 1 heterocycles. The van der Waals surface area contributed by atoms with Gasteiger partial charge in [-0.2, -0.15) is 4.31 Å². The van der Waals surface area contributed by atoms with Crippen LogP contribution < -0.4 is 11.1 Å². The summed E-state index contributed by atoms with van der Waals surface area (Å²) in [5.74, 6) is 0.340. The molecule has 1 saturated heterocycles. The molecule has 1 fully saturated rings. The fourth-order valence-electron chi connectivity index (χ4n) is 3.53. The highest BCUT2D eigenvalue weighted by molar-refractivity contribution is 7.89. The third-order valence-corrected chi connectivity index (χ3v) is 6.64. The van der Waals surface area contributed by atoms with Crippen LogP contribution in [-0.2, 0) is 10.0 Å². The van der Waals surface area contributed by atoms with Crippen molar-refractivity contribution in [2.75, 3.05) is 24.1 Å². The first-order valence-electron chi connectivity index (χ1n) is 9.03. The number of benzene rings is 2. The van der Waals surface area contributed by atoms with E-state index in [0.29, 0.717) is 41.9 Å². The van der Waals surface area contributed by atoms with Gasteiger partial charge in [-0.1, -0.05) is 26.0 Å². The molecule has 0 saturated carbocycles. The van der Waals surface area contributed by atoms with E-state index in [-0.39, 0.29) is 23.2 Å². The normalized spacial score (nSPS) is 20.2.